The number of carbonyl (C=O) groups is 4. The first-order valence-electron chi connectivity index (χ1n) is 10.6. The molecule has 1 aliphatic rings. The maximum absolute atomic E-state index is 12.6. The van der Waals surface area contributed by atoms with Gasteiger partial charge in [-0.05, 0) is 51.5 Å². The van der Waals surface area contributed by atoms with Gasteiger partial charge in [-0.15, -0.1) is 0 Å². The Kier molecular flexibility index (Phi) is 12.5. The standard InChI is InChI=1S/C21H35NO7S2/c1-15(2)18(24)28-14-29-20(26)31-13-16(12-17(23)21(3,4)30)19(25)27-11-10-22-8-6-5-7-9-22/h15-16,30H,5-14H2,1-4H3/t16-/m0/s1. The highest BCUT2D eigenvalue weighted by Crippen LogP contribution is 2.23. The molecule has 0 saturated carbocycles. The quantitative estimate of drug-likeness (QED) is 0.258. The van der Waals surface area contributed by atoms with Crippen molar-refractivity contribution in [3.05, 3.63) is 0 Å². The molecule has 0 aromatic rings. The number of hydrogen-bond donors (Lipinski definition) is 1. The lowest BCUT2D eigenvalue weighted by atomic mass is 9.97. The summed E-state index contributed by atoms with van der Waals surface area (Å²) in [5, 5.41) is -0.694. The minimum atomic E-state index is -0.900. The molecule has 1 saturated heterocycles. The molecule has 0 unspecified atom stereocenters. The lowest BCUT2D eigenvalue weighted by Crippen LogP contribution is -2.35. The number of nitrogens with zero attached hydrogens (tertiary/aromatic N) is 1. The molecule has 1 atom stereocenters. The van der Waals surface area contributed by atoms with Crippen molar-refractivity contribution >= 4 is 47.4 Å². The second-order valence-electron chi connectivity index (χ2n) is 8.39. The van der Waals surface area contributed by atoms with Gasteiger partial charge >= 0.3 is 17.2 Å². The lowest BCUT2D eigenvalue weighted by Gasteiger charge is -2.26. The van der Waals surface area contributed by atoms with Crippen LogP contribution < -0.4 is 0 Å². The fourth-order valence-electron chi connectivity index (χ4n) is 2.77. The van der Waals surface area contributed by atoms with Gasteiger partial charge < -0.3 is 14.2 Å². The van der Waals surface area contributed by atoms with Crippen molar-refractivity contribution in [3.8, 4) is 0 Å². The number of ketones is 1. The third-order valence-electron chi connectivity index (χ3n) is 4.80. The van der Waals surface area contributed by atoms with Gasteiger partial charge in [0.05, 0.1) is 16.6 Å². The van der Waals surface area contributed by atoms with Crippen molar-refractivity contribution in [2.75, 3.05) is 38.8 Å². The second kappa shape index (κ2) is 14.0. The summed E-state index contributed by atoms with van der Waals surface area (Å²) < 4.78 is 14.1. The molecule has 0 amide bonds. The lowest BCUT2D eigenvalue weighted by molar-refractivity contribution is -0.155. The van der Waals surface area contributed by atoms with Crippen LogP contribution in [-0.4, -0.2) is 71.5 Å². The minimum absolute atomic E-state index is 0.0229. The maximum Gasteiger partial charge on any atom is 0.370 e. The average Bonchev–Trinajstić information content (AvgIpc) is 2.70. The van der Waals surface area contributed by atoms with Gasteiger partial charge in [0.1, 0.15) is 12.4 Å². The van der Waals surface area contributed by atoms with Crippen LogP contribution in [0.4, 0.5) is 4.79 Å². The van der Waals surface area contributed by atoms with Crippen molar-refractivity contribution in [2.45, 2.75) is 58.1 Å². The molecule has 0 N–H and O–H groups in total. The summed E-state index contributed by atoms with van der Waals surface area (Å²) in [6, 6.07) is 0. The van der Waals surface area contributed by atoms with Crippen LogP contribution in [0.1, 0.15) is 53.4 Å². The van der Waals surface area contributed by atoms with Crippen LogP contribution >= 0.6 is 24.4 Å². The van der Waals surface area contributed by atoms with Crippen LogP contribution in [0.15, 0.2) is 0 Å². The first kappa shape index (κ1) is 27.8. The Labute approximate surface area is 194 Å². The van der Waals surface area contributed by atoms with E-state index in [4.69, 9.17) is 14.2 Å². The summed E-state index contributed by atoms with van der Waals surface area (Å²) in [4.78, 5) is 50.5. The number of rotatable bonds is 12. The van der Waals surface area contributed by atoms with Crippen LogP contribution in [0.3, 0.4) is 0 Å². The molecule has 1 rings (SSSR count). The Morgan fingerprint density at radius 2 is 1.65 bits per heavy atom. The van der Waals surface area contributed by atoms with Gasteiger partial charge in [-0.1, -0.05) is 20.3 Å². The van der Waals surface area contributed by atoms with Crippen LogP contribution in [-0.2, 0) is 28.6 Å². The number of esters is 2. The largest absolute Gasteiger partial charge is 0.464 e. The van der Waals surface area contributed by atoms with Gasteiger partial charge in [0.25, 0.3) is 0 Å². The first-order valence-corrected chi connectivity index (χ1v) is 12.0. The monoisotopic (exact) mass is 477 g/mol. The average molecular weight is 478 g/mol. The van der Waals surface area contributed by atoms with Gasteiger partial charge in [-0.3, -0.25) is 19.3 Å². The van der Waals surface area contributed by atoms with Crippen molar-refractivity contribution in [3.63, 3.8) is 0 Å². The maximum atomic E-state index is 12.6. The predicted octanol–water partition coefficient (Wildman–Crippen LogP) is 3.33. The fourth-order valence-corrected chi connectivity index (χ4v) is 3.59. The molecule has 0 bridgehead atoms. The highest BCUT2D eigenvalue weighted by atomic mass is 32.2. The summed E-state index contributed by atoms with van der Waals surface area (Å²) in [5.74, 6) is -2.31. The molecule has 0 aromatic carbocycles. The van der Waals surface area contributed by atoms with Crippen molar-refractivity contribution < 1.29 is 33.4 Å². The Morgan fingerprint density at radius 1 is 1.00 bits per heavy atom. The van der Waals surface area contributed by atoms with E-state index in [0.717, 1.165) is 37.7 Å². The molecule has 0 radical (unpaired) electrons. The highest BCUT2D eigenvalue weighted by Gasteiger charge is 2.31. The molecule has 178 valence electrons. The Balaban J connectivity index is 2.51. The summed E-state index contributed by atoms with van der Waals surface area (Å²) >= 11 is 5.01. The zero-order valence-corrected chi connectivity index (χ0v) is 20.6. The number of thiol groups is 1. The predicted molar refractivity (Wildman–Crippen MR) is 122 cm³/mol. The van der Waals surface area contributed by atoms with Crippen LogP contribution in [0.25, 0.3) is 0 Å². The number of Topliss-reactive ketones (excluding diaryl/α,β-unsaturated/α-hetero) is 1. The topological polar surface area (TPSA) is 99.2 Å². The van der Waals surface area contributed by atoms with E-state index in [9.17, 15) is 19.2 Å². The van der Waals surface area contributed by atoms with Crippen LogP contribution in [0.2, 0.25) is 0 Å². The van der Waals surface area contributed by atoms with Crippen LogP contribution in [0.5, 0.6) is 0 Å². The smallest absolute Gasteiger partial charge is 0.370 e. The summed E-state index contributed by atoms with van der Waals surface area (Å²) in [7, 11) is 0. The number of ether oxygens (including phenoxy) is 3. The van der Waals surface area contributed by atoms with Gasteiger partial charge in [-0.25, -0.2) is 4.79 Å². The van der Waals surface area contributed by atoms with E-state index in [0.29, 0.717) is 6.54 Å². The van der Waals surface area contributed by atoms with Crippen molar-refractivity contribution in [1.82, 2.24) is 4.90 Å². The van der Waals surface area contributed by atoms with E-state index >= 15 is 0 Å². The van der Waals surface area contributed by atoms with E-state index in [-0.39, 0.29) is 30.5 Å². The van der Waals surface area contributed by atoms with E-state index in [1.54, 1.807) is 27.7 Å². The van der Waals surface area contributed by atoms with Gasteiger partial charge in [0.15, 0.2) is 0 Å². The molecule has 0 aliphatic carbocycles. The van der Waals surface area contributed by atoms with E-state index in [1.807, 2.05) is 0 Å². The number of likely N-dealkylation sites (tertiary alicyclic amines) is 1. The number of piperidine rings is 1. The molecular formula is C21H35NO7S2. The number of carbonyl (C=O) groups excluding carboxylic acids is 4. The molecule has 1 aliphatic heterocycles. The van der Waals surface area contributed by atoms with E-state index < -0.39 is 34.7 Å². The van der Waals surface area contributed by atoms with Gasteiger partial charge in [0, 0.05) is 18.7 Å². The van der Waals surface area contributed by atoms with E-state index in [2.05, 4.69) is 17.5 Å². The van der Waals surface area contributed by atoms with Crippen molar-refractivity contribution in [2.24, 2.45) is 11.8 Å². The molecule has 1 heterocycles. The highest BCUT2D eigenvalue weighted by molar-refractivity contribution is 8.13. The zero-order valence-electron chi connectivity index (χ0n) is 18.9. The third-order valence-corrected chi connectivity index (χ3v) is 5.97. The molecule has 8 nitrogen and oxygen atoms in total. The minimum Gasteiger partial charge on any atom is -0.464 e. The molecule has 31 heavy (non-hydrogen) atoms. The third kappa shape index (κ3) is 11.8. The molecule has 1 fully saturated rings. The summed E-state index contributed by atoms with van der Waals surface area (Å²) in [6.07, 6.45) is 3.44. The van der Waals surface area contributed by atoms with Crippen LogP contribution in [0, 0.1) is 11.8 Å². The fraction of sp³-hybridized carbons (Fsp3) is 0.810. The Hall–Kier alpha value is -1.26. The summed E-state index contributed by atoms with van der Waals surface area (Å²) in [6.45, 7) is 9.04. The molecule has 10 heteroatoms. The van der Waals surface area contributed by atoms with Crippen molar-refractivity contribution in [1.29, 1.82) is 0 Å². The zero-order chi connectivity index (χ0) is 23.4. The molecule has 0 spiro atoms. The normalized spacial score (nSPS) is 15.9. The van der Waals surface area contributed by atoms with Gasteiger partial charge in [0.2, 0.25) is 6.79 Å². The SMILES string of the molecule is CC(C)C(=O)OCOC(=O)SC[C@H](CC(=O)C(C)(C)S)C(=O)OCCN1CCCCC1. The Bertz CT molecular complexity index is 613. The number of thioether (sulfide) groups is 1. The summed E-state index contributed by atoms with van der Waals surface area (Å²) in [5.41, 5.74) is 0. The van der Waals surface area contributed by atoms with Gasteiger partial charge in [-0.2, -0.15) is 12.6 Å². The number of hydrogen-bond acceptors (Lipinski definition) is 10. The molecular weight excluding hydrogens is 442 g/mol. The Morgan fingerprint density at radius 3 is 2.23 bits per heavy atom. The van der Waals surface area contributed by atoms with E-state index in [1.165, 1.54) is 6.42 Å². The molecule has 0 aromatic heterocycles. The first-order chi connectivity index (χ1) is 14.5. The second-order valence-corrected chi connectivity index (χ2v) is 10.5.